The zero-order valence-corrected chi connectivity index (χ0v) is 40.4. The van der Waals surface area contributed by atoms with Gasteiger partial charge in [0, 0.05) is 61.8 Å². The number of likely N-dealkylation sites (N-methyl/N-ethyl adjacent to an activating group) is 2. The van der Waals surface area contributed by atoms with Crippen LogP contribution in [-0.2, 0) is 44.7 Å². The number of rotatable bonds is 22. The summed E-state index contributed by atoms with van der Waals surface area (Å²) in [6.45, 7) is 3.69. The minimum absolute atomic E-state index is 0.0726. The molecule has 4 atom stereocenters. The molecule has 14 heteroatoms. The molecule has 0 amide bonds. The molecule has 14 nitrogen and oxygen atoms in total. The lowest BCUT2D eigenvalue weighted by Gasteiger charge is -2.46. The van der Waals surface area contributed by atoms with Crippen LogP contribution in [0.2, 0.25) is 0 Å². The maximum Gasteiger partial charge on any atom is 0.331 e. The number of carbonyl (C=O) groups excluding carboxylic acids is 2. The van der Waals surface area contributed by atoms with Gasteiger partial charge in [-0.15, -0.1) is 0 Å². The first-order chi connectivity index (χ1) is 31.9. The molecule has 66 heavy (non-hydrogen) atoms. The second kappa shape index (κ2) is 22.4. The highest BCUT2D eigenvalue weighted by Gasteiger charge is 2.41. The van der Waals surface area contributed by atoms with Crippen molar-refractivity contribution in [2.75, 3.05) is 110 Å². The van der Waals surface area contributed by atoms with E-state index in [0.717, 1.165) is 84.1 Å². The third kappa shape index (κ3) is 11.3. The van der Waals surface area contributed by atoms with Crippen LogP contribution in [0.1, 0.15) is 58.3 Å². The van der Waals surface area contributed by atoms with Gasteiger partial charge in [0.2, 0.25) is 0 Å². The number of nitrogens with zero attached hydrogens (tertiary/aromatic N) is 2. The van der Waals surface area contributed by atoms with Crippen LogP contribution < -0.4 is 37.9 Å². The number of ether oxygens (including phenoxy) is 10. The Morgan fingerprint density at radius 3 is 1.17 bits per heavy atom. The molecular weight excluding hydrogens is 845 g/mol. The third-order valence-corrected chi connectivity index (χ3v) is 13.5. The highest BCUT2D eigenvalue weighted by atomic mass is 16.5. The Hall–Kier alpha value is -6.12. The Labute approximate surface area is 390 Å². The molecule has 4 aromatic rings. The maximum atomic E-state index is 12.8. The quantitative estimate of drug-likeness (QED) is 0.0337. The van der Waals surface area contributed by atoms with Gasteiger partial charge in [0.15, 0.2) is 46.0 Å². The molecule has 0 saturated heterocycles. The highest BCUT2D eigenvalue weighted by Crippen LogP contribution is 2.45. The second-order valence-electron chi connectivity index (χ2n) is 17.4. The lowest BCUT2D eigenvalue weighted by atomic mass is 9.86. The smallest absolute Gasteiger partial charge is 0.331 e. The monoisotopic (exact) mass is 912 g/mol. The van der Waals surface area contributed by atoms with Crippen LogP contribution in [0.3, 0.4) is 0 Å². The van der Waals surface area contributed by atoms with Gasteiger partial charge in [-0.05, 0) is 70.8 Å². The molecular formula is C52H68N2O12+2. The SMILES string of the molecule is COc1ccc(C[C@@H]2c3cc(OC)c(OC)cc3CC[N@@+]2(C)CCCOC(=O)C=CC(=O)OCCC[N@+]2(C)CCc3cc(OC)c(OC)cc3[C@H]2Cc2ccc(OC)c(OC)c2)cc1OC. The van der Waals surface area contributed by atoms with Crippen LogP contribution in [-0.4, -0.2) is 131 Å². The number of methoxy groups -OCH3 is 8. The van der Waals surface area contributed by atoms with Crippen molar-refractivity contribution in [2.45, 2.75) is 50.6 Å². The van der Waals surface area contributed by atoms with E-state index in [1.807, 2.05) is 24.3 Å². The summed E-state index contributed by atoms with van der Waals surface area (Å²) in [4.78, 5) is 25.6. The van der Waals surface area contributed by atoms with E-state index < -0.39 is 11.9 Å². The van der Waals surface area contributed by atoms with Crippen LogP contribution in [0, 0.1) is 0 Å². The van der Waals surface area contributed by atoms with Crippen LogP contribution >= 0.6 is 0 Å². The van der Waals surface area contributed by atoms with E-state index in [4.69, 9.17) is 47.4 Å². The molecule has 4 aromatic carbocycles. The maximum absolute atomic E-state index is 12.8. The summed E-state index contributed by atoms with van der Waals surface area (Å²) in [6, 6.07) is 20.6. The van der Waals surface area contributed by atoms with Crippen molar-refractivity contribution in [2.24, 2.45) is 0 Å². The molecule has 0 bridgehead atoms. The van der Waals surface area contributed by atoms with Crippen LogP contribution in [0.5, 0.6) is 46.0 Å². The zero-order valence-electron chi connectivity index (χ0n) is 40.4. The second-order valence-corrected chi connectivity index (χ2v) is 17.4. The highest BCUT2D eigenvalue weighted by molar-refractivity contribution is 5.91. The first-order valence-electron chi connectivity index (χ1n) is 22.5. The Kier molecular flexibility index (Phi) is 16.7. The summed E-state index contributed by atoms with van der Waals surface area (Å²) in [6.07, 6.45) is 6.73. The largest absolute Gasteiger partial charge is 0.493 e. The van der Waals surface area contributed by atoms with E-state index >= 15 is 0 Å². The number of quaternary nitrogens is 2. The molecule has 0 aromatic heterocycles. The van der Waals surface area contributed by atoms with Gasteiger partial charge in [0.05, 0.1) is 110 Å². The van der Waals surface area contributed by atoms with Gasteiger partial charge in [-0.3, -0.25) is 0 Å². The standard InChI is InChI=1S/C52H68N2O12/c1-53(23-19-37-31-47(61-7)49(63-9)33-39(37)41(53)27-35-13-15-43(57-3)45(29-35)59-5)21-11-25-65-51(55)17-18-52(56)66-26-12-22-54(2)24-20-38-32-48(62-8)50(64-10)34-40(38)42(54)28-36-14-16-44(58-4)46(30-36)60-6/h13-18,29-34,41-42H,11-12,19-28H2,1-10H3/q+2/t41-,42-,53-,54-/m1/s1. The van der Waals surface area contributed by atoms with Crippen molar-refractivity contribution in [3.63, 3.8) is 0 Å². The fourth-order valence-electron chi connectivity index (χ4n) is 9.75. The predicted molar refractivity (Wildman–Crippen MR) is 251 cm³/mol. The van der Waals surface area contributed by atoms with E-state index in [1.165, 1.54) is 22.3 Å². The van der Waals surface area contributed by atoms with Crippen molar-refractivity contribution in [1.29, 1.82) is 0 Å². The van der Waals surface area contributed by atoms with E-state index in [9.17, 15) is 9.59 Å². The lowest BCUT2D eigenvalue weighted by Crippen LogP contribution is -2.52. The van der Waals surface area contributed by atoms with Gasteiger partial charge < -0.3 is 56.3 Å². The molecule has 2 aliphatic heterocycles. The van der Waals surface area contributed by atoms with Gasteiger partial charge in [-0.25, -0.2) is 9.59 Å². The first-order valence-corrected chi connectivity index (χ1v) is 22.5. The number of carbonyl (C=O) groups is 2. The lowest BCUT2D eigenvalue weighted by molar-refractivity contribution is -0.941. The van der Waals surface area contributed by atoms with Crippen LogP contribution in [0.4, 0.5) is 0 Å². The van der Waals surface area contributed by atoms with E-state index in [0.29, 0.717) is 58.8 Å². The Bertz CT molecular complexity index is 2190. The fraction of sp³-hybridized carbons (Fsp3) is 0.462. The van der Waals surface area contributed by atoms with Crippen LogP contribution in [0.15, 0.2) is 72.8 Å². The van der Waals surface area contributed by atoms with Crippen LogP contribution in [0.25, 0.3) is 0 Å². The topological polar surface area (TPSA) is 126 Å². The van der Waals surface area contributed by atoms with Crippen molar-refractivity contribution in [1.82, 2.24) is 0 Å². The number of hydrogen-bond donors (Lipinski definition) is 0. The molecule has 0 unspecified atom stereocenters. The van der Waals surface area contributed by atoms with Crippen molar-refractivity contribution in [3.8, 4) is 46.0 Å². The van der Waals surface area contributed by atoms with Gasteiger partial charge >= 0.3 is 11.9 Å². The number of hydrogen-bond acceptors (Lipinski definition) is 12. The minimum Gasteiger partial charge on any atom is -0.493 e. The van der Waals surface area contributed by atoms with Gasteiger partial charge in [0.25, 0.3) is 0 Å². The summed E-state index contributed by atoms with van der Waals surface area (Å²) in [5.74, 6) is 4.31. The third-order valence-electron chi connectivity index (χ3n) is 13.5. The molecule has 356 valence electrons. The van der Waals surface area contributed by atoms with Gasteiger partial charge in [0.1, 0.15) is 12.1 Å². The molecule has 2 heterocycles. The average Bonchev–Trinajstić information content (AvgIpc) is 3.34. The van der Waals surface area contributed by atoms with E-state index in [2.05, 4.69) is 50.5 Å². The molecule has 0 aliphatic carbocycles. The summed E-state index contributed by atoms with van der Waals surface area (Å²) in [5.41, 5.74) is 7.06. The number of fused-ring (bicyclic) bond motifs is 2. The minimum atomic E-state index is -0.590. The summed E-state index contributed by atoms with van der Waals surface area (Å²) < 4.78 is 57.7. The summed E-state index contributed by atoms with van der Waals surface area (Å²) in [5, 5.41) is 0. The normalized spacial score (nSPS) is 19.8. The molecule has 0 saturated carbocycles. The molecule has 0 N–H and O–H groups in total. The Morgan fingerprint density at radius 1 is 0.485 bits per heavy atom. The van der Waals surface area contributed by atoms with Crippen molar-refractivity contribution in [3.05, 3.63) is 106 Å². The van der Waals surface area contributed by atoms with Gasteiger partial charge in [-0.2, -0.15) is 0 Å². The van der Waals surface area contributed by atoms with Crippen molar-refractivity contribution >= 4 is 11.9 Å². The van der Waals surface area contributed by atoms with Crippen molar-refractivity contribution < 1.29 is 65.9 Å². The fourth-order valence-corrected chi connectivity index (χ4v) is 9.75. The first kappa shape index (κ1) is 49.3. The molecule has 0 spiro atoms. The Morgan fingerprint density at radius 2 is 0.818 bits per heavy atom. The van der Waals surface area contributed by atoms with E-state index in [1.54, 1.807) is 56.9 Å². The number of esters is 2. The van der Waals surface area contributed by atoms with E-state index in [-0.39, 0.29) is 25.3 Å². The zero-order chi connectivity index (χ0) is 47.4. The molecule has 0 fully saturated rings. The summed E-state index contributed by atoms with van der Waals surface area (Å²) >= 11 is 0. The number of benzene rings is 4. The predicted octanol–water partition coefficient (Wildman–Crippen LogP) is 7.45. The molecule has 0 radical (unpaired) electrons. The summed E-state index contributed by atoms with van der Waals surface area (Å²) in [7, 11) is 17.7. The Balaban J connectivity index is 1.04. The van der Waals surface area contributed by atoms with Gasteiger partial charge in [-0.1, -0.05) is 12.1 Å². The molecule has 2 aliphatic rings. The average molecular weight is 913 g/mol. The molecule has 6 rings (SSSR count).